The van der Waals surface area contributed by atoms with Gasteiger partial charge in [-0.05, 0) is 25.1 Å². The summed E-state index contributed by atoms with van der Waals surface area (Å²) in [6, 6.07) is 9.50. The van der Waals surface area contributed by atoms with Crippen LogP contribution in [0.4, 0.5) is 0 Å². The molecule has 0 spiro atoms. The van der Waals surface area contributed by atoms with Crippen LogP contribution in [0, 0.1) is 18.8 Å². The Hall–Kier alpha value is -2.51. The van der Waals surface area contributed by atoms with E-state index >= 15 is 0 Å². The maximum absolute atomic E-state index is 11.6. The van der Waals surface area contributed by atoms with E-state index < -0.39 is 5.97 Å². The number of ether oxygens (including phenoxy) is 1. The van der Waals surface area contributed by atoms with Crippen LogP contribution in [0.2, 0.25) is 5.15 Å². The fraction of sp³-hybridized carbons (Fsp3) is 0.176. The van der Waals surface area contributed by atoms with Gasteiger partial charge in [0.25, 0.3) is 0 Å². The highest BCUT2D eigenvalue weighted by atomic mass is 35.5. The first-order chi connectivity index (χ1) is 10.6. The molecule has 0 aliphatic carbocycles. The third-order valence-electron chi connectivity index (χ3n) is 2.88. The van der Waals surface area contributed by atoms with E-state index in [1.807, 2.05) is 37.3 Å². The zero-order valence-corrected chi connectivity index (χ0v) is 13.1. The summed E-state index contributed by atoms with van der Waals surface area (Å²) in [5.74, 6) is 5.23. The predicted molar refractivity (Wildman–Crippen MR) is 86.3 cm³/mol. The molecule has 0 aliphatic rings. The van der Waals surface area contributed by atoms with E-state index in [4.69, 9.17) is 16.3 Å². The van der Waals surface area contributed by atoms with Crippen LogP contribution in [-0.4, -0.2) is 22.4 Å². The number of nitrogens with zero attached hydrogens (tertiary/aromatic N) is 2. The minimum absolute atomic E-state index is 0.0395. The van der Waals surface area contributed by atoms with Crippen LogP contribution in [0.15, 0.2) is 36.4 Å². The summed E-state index contributed by atoms with van der Waals surface area (Å²) in [5, 5.41) is 4.63. The zero-order valence-electron chi connectivity index (χ0n) is 12.3. The molecule has 0 N–H and O–H groups in total. The van der Waals surface area contributed by atoms with Crippen molar-refractivity contribution in [2.75, 3.05) is 6.61 Å². The molecule has 2 aromatic rings. The van der Waals surface area contributed by atoms with E-state index in [0.717, 1.165) is 11.3 Å². The largest absolute Gasteiger partial charge is 0.449 e. The van der Waals surface area contributed by atoms with Crippen LogP contribution < -0.4 is 0 Å². The highest BCUT2D eigenvalue weighted by Gasteiger charge is 2.08. The van der Waals surface area contributed by atoms with E-state index in [1.54, 1.807) is 17.8 Å². The lowest BCUT2D eigenvalue weighted by Crippen LogP contribution is -2.00. The molecule has 0 atom stereocenters. The lowest BCUT2D eigenvalue weighted by molar-refractivity contribution is -0.136. The van der Waals surface area contributed by atoms with Gasteiger partial charge in [0, 0.05) is 24.3 Å². The lowest BCUT2D eigenvalue weighted by Gasteiger charge is -1.95. The van der Waals surface area contributed by atoms with Gasteiger partial charge in [0.2, 0.25) is 0 Å². The summed E-state index contributed by atoms with van der Waals surface area (Å²) in [7, 11) is 1.74. The molecule has 0 saturated carbocycles. The van der Waals surface area contributed by atoms with Crippen molar-refractivity contribution in [2.45, 2.75) is 6.92 Å². The summed E-state index contributed by atoms with van der Waals surface area (Å²) in [4.78, 5) is 11.6. The molecule has 5 heteroatoms. The van der Waals surface area contributed by atoms with Crippen molar-refractivity contribution in [3.05, 3.63) is 58.4 Å². The number of benzene rings is 1. The van der Waals surface area contributed by atoms with Crippen LogP contribution in [0.5, 0.6) is 0 Å². The second-order valence-electron chi connectivity index (χ2n) is 4.52. The van der Waals surface area contributed by atoms with Gasteiger partial charge in [0.05, 0.1) is 5.69 Å². The van der Waals surface area contributed by atoms with Crippen LogP contribution in [0.1, 0.15) is 16.8 Å². The molecule has 112 valence electrons. The molecule has 0 saturated heterocycles. The maximum atomic E-state index is 11.6. The standard InChI is InChI=1S/C17H15ClN2O2/c1-13-15(17(18)20(2)19-13)10-11-16(21)22-12-6-9-14-7-4-3-5-8-14/h3-5,7-8,10-11H,12H2,1-2H3. The van der Waals surface area contributed by atoms with Gasteiger partial charge >= 0.3 is 5.97 Å². The second kappa shape index (κ2) is 7.48. The first-order valence-corrected chi connectivity index (χ1v) is 7.03. The van der Waals surface area contributed by atoms with E-state index in [9.17, 15) is 4.79 Å². The fourth-order valence-electron chi connectivity index (χ4n) is 1.80. The summed E-state index contributed by atoms with van der Waals surface area (Å²) < 4.78 is 6.55. The monoisotopic (exact) mass is 314 g/mol. The Morgan fingerprint density at radius 2 is 2.14 bits per heavy atom. The molecule has 4 nitrogen and oxygen atoms in total. The molecule has 0 radical (unpaired) electrons. The Bertz CT molecular complexity index is 752. The number of aryl methyl sites for hydroxylation is 2. The SMILES string of the molecule is Cc1nn(C)c(Cl)c1C=CC(=O)OCC#Cc1ccccc1. The van der Waals surface area contributed by atoms with E-state index in [2.05, 4.69) is 16.9 Å². The van der Waals surface area contributed by atoms with Gasteiger partial charge in [-0.3, -0.25) is 4.68 Å². The number of carbonyl (C=O) groups excluding carboxylic acids is 1. The summed E-state index contributed by atoms with van der Waals surface area (Å²) in [6.45, 7) is 1.86. The molecule has 2 rings (SSSR count). The first-order valence-electron chi connectivity index (χ1n) is 6.66. The number of carbonyl (C=O) groups is 1. The number of hydrogen-bond donors (Lipinski definition) is 0. The van der Waals surface area contributed by atoms with Gasteiger partial charge in [-0.2, -0.15) is 5.10 Å². The average molecular weight is 315 g/mol. The van der Waals surface area contributed by atoms with Crippen molar-refractivity contribution in [1.29, 1.82) is 0 Å². The van der Waals surface area contributed by atoms with Crippen molar-refractivity contribution < 1.29 is 9.53 Å². The van der Waals surface area contributed by atoms with Crippen molar-refractivity contribution in [2.24, 2.45) is 7.05 Å². The molecular weight excluding hydrogens is 300 g/mol. The molecule has 22 heavy (non-hydrogen) atoms. The molecule has 0 unspecified atom stereocenters. The quantitative estimate of drug-likeness (QED) is 0.497. The molecule has 0 fully saturated rings. The van der Waals surface area contributed by atoms with Gasteiger partial charge in [-0.25, -0.2) is 4.79 Å². The van der Waals surface area contributed by atoms with Crippen molar-refractivity contribution in [3.63, 3.8) is 0 Å². The number of aromatic nitrogens is 2. The van der Waals surface area contributed by atoms with E-state index in [1.165, 1.54) is 6.08 Å². The number of halogens is 1. The van der Waals surface area contributed by atoms with Gasteiger partial charge in [0.1, 0.15) is 5.15 Å². The molecule has 0 bridgehead atoms. The number of hydrogen-bond acceptors (Lipinski definition) is 3. The number of rotatable bonds is 3. The Morgan fingerprint density at radius 1 is 1.41 bits per heavy atom. The molecular formula is C17H15ClN2O2. The Balaban J connectivity index is 1.88. The van der Waals surface area contributed by atoms with Crippen LogP contribution in [0.25, 0.3) is 6.08 Å². The minimum Gasteiger partial charge on any atom is -0.449 e. The highest BCUT2D eigenvalue weighted by Crippen LogP contribution is 2.19. The molecule has 0 amide bonds. The van der Waals surface area contributed by atoms with Crippen LogP contribution >= 0.6 is 11.6 Å². The fourth-order valence-corrected chi connectivity index (χ4v) is 2.04. The minimum atomic E-state index is -0.471. The van der Waals surface area contributed by atoms with E-state index in [0.29, 0.717) is 10.7 Å². The van der Waals surface area contributed by atoms with Gasteiger partial charge < -0.3 is 4.74 Å². The summed E-state index contributed by atoms with van der Waals surface area (Å²) in [5.41, 5.74) is 2.34. The third kappa shape index (κ3) is 4.24. The Morgan fingerprint density at radius 3 is 2.77 bits per heavy atom. The molecule has 0 aliphatic heterocycles. The maximum Gasteiger partial charge on any atom is 0.331 e. The first kappa shape index (κ1) is 15.9. The van der Waals surface area contributed by atoms with Crippen LogP contribution in [-0.2, 0) is 16.6 Å². The van der Waals surface area contributed by atoms with Crippen molar-refractivity contribution >= 4 is 23.6 Å². The van der Waals surface area contributed by atoms with Gasteiger partial charge in [0.15, 0.2) is 6.61 Å². The van der Waals surface area contributed by atoms with Crippen molar-refractivity contribution in [3.8, 4) is 11.8 Å². The van der Waals surface area contributed by atoms with Gasteiger partial charge in [-0.1, -0.05) is 41.6 Å². The molecule has 1 heterocycles. The lowest BCUT2D eigenvalue weighted by atomic mass is 10.2. The second-order valence-corrected chi connectivity index (χ2v) is 4.88. The number of esters is 1. The van der Waals surface area contributed by atoms with Gasteiger partial charge in [-0.15, -0.1) is 0 Å². The van der Waals surface area contributed by atoms with Crippen LogP contribution in [0.3, 0.4) is 0 Å². The summed E-state index contributed by atoms with van der Waals surface area (Å²) >= 11 is 6.07. The smallest absolute Gasteiger partial charge is 0.331 e. The normalized spacial score (nSPS) is 10.3. The van der Waals surface area contributed by atoms with E-state index in [-0.39, 0.29) is 6.61 Å². The highest BCUT2D eigenvalue weighted by molar-refractivity contribution is 6.31. The average Bonchev–Trinajstić information content (AvgIpc) is 2.76. The Kier molecular flexibility index (Phi) is 5.40. The zero-order chi connectivity index (χ0) is 15.9. The molecule has 1 aromatic carbocycles. The Labute approximate surface area is 134 Å². The summed E-state index contributed by atoms with van der Waals surface area (Å²) in [6.07, 6.45) is 2.91. The third-order valence-corrected chi connectivity index (χ3v) is 3.32. The predicted octanol–water partition coefficient (Wildman–Crippen LogP) is 2.99. The molecule has 1 aromatic heterocycles. The topological polar surface area (TPSA) is 44.1 Å². The van der Waals surface area contributed by atoms with Crippen molar-refractivity contribution in [1.82, 2.24) is 9.78 Å².